The van der Waals surface area contributed by atoms with Crippen LogP contribution in [0, 0.1) is 0 Å². The van der Waals surface area contributed by atoms with Gasteiger partial charge in [-0.1, -0.05) is 25.1 Å². The van der Waals surface area contributed by atoms with E-state index in [1.165, 1.54) is 0 Å². The number of carbonyl (C=O) groups is 3. The summed E-state index contributed by atoms with van der Waals surface area (Å²) in [7, 11) is 0. The third-order valence-corrected chi connectivity index (χ3v) is 4.37. The molecule has 3 rings (SSSR count). The van der Waals surface area contributed by atoms with Crippen molar-refractivity contribution in [1.29, 1.82) is 0 Å². The van der Waals surface area contributed by atoms with Crippen molar-refractivity contribution in [3.8, 4) is 11.5 Å². The number of ketones is 1. The fourth-order valence-electron chi connectivity index (χ4n) is 2.77. The second kappa shape index (κ2) is 10.7. The van der Waals surface area contributed by atoms with Gasteiger partial charge in [0.15, 0.2) is 12.4 Å². The Balaban J connectivity index is 1.50. The Morgan fingerprint density at radius 3 is 2.03 bits per heavy atom. The number of para-hydroxylation sites is 1. The lowest BCUT2D eigenvalue weighted by molar-refractivity contribution is -0.116. The van der Waals surface area contributed by atoms with Gasteiger partial charge in [0.2, 0.25) is 5.91 Å². The number of hydrogen-bond acceptors (Lipinski definition) is 5. The summed E-state index contributed by atoms with van der Waals surface area (Å²) in [5, 5.41) is 2.75. The Kier molecular flexibility index (Phi) is 7.54. The Bertz CT molecular complexity index is 1030. The molecule has 0 spiro atoms. The topological polar surface area (TPSA) is 81.7 Å². The molecule has 1 N–H and O–H groups in total. The zero-order valence-electron chi connectivity index (χ0n) is 17.2. The first-order valence-corrected chi connectivity index (χ1v) is 9.98. The van der Waals surface area contributed by atoms with Crippen LogP contribution in [0.3, 0.4) is 0 Å². The Hall–Kier alpha value is -3.93. The quantitative estimate of drug-likeness (QED) is 0.379. The summed E-state index contributed by atoms with van der Waals surface area (Å²) >= 11 is 0. The number of anilines is 1. The molecule has 0 aliphatic rings. The molecule has 0 bridgehead atoms. The maximum atomic E-state index is 12.3. The molecular weight excluding hydrogens is 394 g/mol. The van der Waals surface area contributed by atoms with Gasteiger partial charge in [0.1, 0.15) is 11.5 Å². The predicted molar refractivity (Wildman–Crippen MR) is 118 cm³/mol. The molecule has 31 heavy (non-hydrogen) atoms. The number of esters is 1. The number of benzene rings is 3. The second-order valence-electron chi connectivity index (χ2n) is 6.81. The first kappa shape index (κ1) is 21.8. The molecule has 6 nitrogen and oxygen atoms in total. The normalized spacial score (nSPS) is 10.2. The number of amides is 1. The van der Waals surface area contributed by atoms with Crippen LogP contribution in [0.5, 0.6) is 11.5 Å². The highest BCUT2D eigenvalue weighted by atomic mass is 16.5. The summed E-state index contributed by atoms with van der Waals surface area (Å²) in [6.07, 6.45) is 1.20. The maximum absolute atomic E-state index is 12.3. The van der Waals surface area contributed by atoms with Gasteiger partial charge in [-0.3, -0.25) is 9.59 Å². The third-order valence-electron chi connectivity index (χ3n) is 4.37. The Morgan fingerprint density at radius 2 is 1.39 bits per heavy atom. The molecule has 0 unspecified atom stereocenters. The van der Waals surface area contributed by atoms with Crippen molar-refractivity contribution in [2.24, 2.45) is 0 Å². The molecule has 0 saturated heterocycles. The van der Waals surface area contributed by atoms with Crippen molar-refractivity contribution >= 4 is 23.3 Å². The summed E-state index contributed by atoms with van der Waals surface area (Å²) in [5.74, 6) is 0.284. The molecule has 6 heteroatoms. The van der Waals surface area contributed by atoms with Crippen molar-refractivity contribution in [3.05, 3.63) is 90.0 Å². The van der Waals surface area contributed by atoms with Crippen LogP contribution in [-0.4, -0.2) is 24.3 Å². The van der Waals surface area contributed by atoms with Crippen molar-refractivity contribution in [1.82, 2.24) is 0 Å². The van der Waals surface area contributed by atoms with Gasteiger partial charge >= 0.3 is 5.97 Å². The minimum absolute atomic E-state index is 0.0734. The molecule has 1 amide bonds. The summed E-state index contributed by atoms with van der Waals surface area (Å²) in [6, 6.07) is 22.3. The van der Waals surface area contributed by atoms with Gasteiger partial charge < -0.3 is 14.8 Å². The smallest absolute Gasteiger partial charge is 0.338 e. The Labute approximate surface area is 180 Å². The van der Waals surface area contributed by atoms with E-state index in [-0.39, 0.29) is 18.3 Å². The lowest BCUT2D eigenvalue weighted by atomic mass is 10.1. The van der Waals surface area contributed by atoms with Gasteiger partial charge in [0.05, 0.1) is 5.56 Å². The molecule has 0 aromatic heterocycles. The number of ether oxygens (including phenoxy) is 2. The van der Waals surface area contributed by atoms with Crippen LogP contribution >= 0.6 is 0 Å². The minimum Gasteiger partial charge on any atom is -0.457 e. The average molecular weight is 417 g/mol. The number of rotatable bonds is 9. The first-order chi connectivity index (χ1) is 15.0. The van der Waals surface area contributed by atoms with E-state index in [2.05, 4.69) is 5.32 Å². The van der Waals surface area contributed by atoms with Gasteiger partial charge in [-0.05, 0) is 67.1 Å². The maximum Gasteiger partial charge on any atom is 0.338 e. The molecule has 0 saturated carbocycles. The van der Waals surface area contributed by atoms with E-state index >= 15 is 0 Å². The van der Waals surface area contributed by atoms with Gasteiger partial charge in [-0.2, -0.15) is 0 Å². The molecule has 0 aliphatic carbocycles. The molecule has 3 aromatic carbocycles. The van der Waals surface area contributed by atoms with Gasteiger partial charge in [0, 0.05) is 17.7 Å². The second-order valence-corrected chi connectivity index (χ2v) is 6.81. The summed E-state index contributed by atoms with van der Waals surface area (Å²) in [4.78, 5) is 36.1. The summed E-state index contributed by atoms with van der Waals surface area (Å²) < 4.78 is 10.8. The third kappa shape index (κ3) is 6.54. The minimum atomic E-state index is -0.594. The fourth-order valence-corrected chi connectivity index (χ4v) is 2.77. The van der Waals surface area contributed by atoms with E-state index in [0.29, 0.717) is 34.7 Å². The molecular formula is C25H23NO5. The average Bonchev–Trinajstić information content (AvgIpc) is 2.79. The van der Waals surface area contributed by atoms with Gasteiger partial charge in [-0.15, -0.1) is 0 Å². The van der Waals surface area contributed by atoms with Crippen LogP contribution in [0.25, 0.3) is 0 Å². The monoisotopic (exact) mass is 417 g/mol. The zero-order chi connectivity index (χ0) is 22.1. The van der Waals surface area contributed by atoms with Crippen molar-refractivity contribution in [2.45, 2.75) is 19.8 Å². The summed E-state index contributed by atoms with van der Waals surface area (Å²) in [6.45, 7) is 1.55. The molecule has 158 valence electrons. The molecule has 0 atom stereocenters. The van der Waals surface area contributed by atoms with Crippen molar-refractivity contribution in [2.75, 3.05) is 11.9 Å². The van der Waals surface area contributed by atoms with Crippen LogP contribution < -0.4 is 10.1 Å². The van der Waals surface area contributed by atoms with Gasteiger partial charge in [0.25, 0.3) is 0 Å². The van der Waals surface area contributed by atoms with Crippen molar-refractivity contribution < 1.29 is 23.9 Å². The SMILES string of the molecule is CCCC(=O)Nc1ccc(C(=O)COC(=O)c2ccc(Oc3ccccc3)cc2)cc1. The van der Waals surface area contributed by atoms with Crippen LogP contribution in [0.1, 0.15) is 40.5 Å². The fraction of sp³-hybridized carbons (Fsp3) is 0.160. The molecule has 0 radical (unpaired) electrons. The number of nitrogens with one attached hydrogen (secondary N) is 1. The zero-order valence-corrected chi connectivity index (χ0v) is 17.2. The van der Waals surface area contributed by atoms with E-state index in [1.807, 2.05) is 37.3 Å². The van der Waals surface area contributed by atoms with Crippen LogP contribution in [0.2, 0.25) is 0 Å². The van der Waals surface area contributed by atoms with Crippen molar-refractivity contribution in [3.63, 3.8) is 0 Å². The first-order valence-electron chi connectivity index (χ1n) is 9.98. The highest BCUT2D eigenvalue weighted by molar-refractivity contribution is 6.00. The van der Waals surface area contributed by atoms with Gasteiger partial charge in [-0.25, -0.2) is 4.79 Å². The number of Topliss-reactive ketones (excluding diaryl/α,β-unsaturated/α-hetero) is 1. The Morgan fingerprint density at radius 1 is 0.774 bits per heavy atom. The largest absolute Gasteiger partial charge is 0.457 e. The number of carbonyl (C=O) groups excluding carboxylic acids is 3. The highest BCUT2D eigenvalue weighted by Gasteiger charge is 2.12. The molecule has 0 fully saturated rings. The molecule has 0 aliphatic heterocycles. The van der Waals surface area contributed by atoms with Crippen LogP contribution in [0.4, 0.5) is 5.69 Å². The van der Waals surface area contributed by atoms with E-state index in [9.17, 15) is 14.4 Å². The molecule has 3 aromatic rings. The van der Waals surface area contributed by atoms with Crippen LogP contribution in [-0.2, 0) is 9.53 Å². The highest BCUT2D eigenvalue weighted by Crippen LogP contribution is 2.21. The van der Waals surface area contributed by atoms with Crippen LogP contribution in [0.15, 0.2) is 78.9 Å². The van der Waals surface area contributed by atoms with E-state index in [4.69, 9.17) is 9.47 Å². The lowest BCUT2D eigenvalue weighted by Crippen LogP contribution is -2.14. The van der Waals surface area contributed by atoms with E-state index < -0.39 is 5.97 Å². The number of hydrogen-bond donors (Lipinski definition) is 1. The lowest BCUT2D eigenvalue weighted by Gasteiger charge is -2.08. The summed E-state index contributed by atoms with van der Waals surface area (Å²) in [5.41, 5.74) is 1.33. The van der Waals surface area contributed by atoms with E-state index in [1.54, 1.807) is 48.5 Å². The standard InChI is InChI=1S/C25H23NO5/c1-2-6-24(28)26-20-13-9-18(10-14-20)23(27)17-30-25(29)19-11-15-22(16-12-19)31-21-7-4-3-5-8-21/h3-5,7-16H,2,6,17H2,1H3,(H,26,28). The van der Waals surface area contributed by atoms with E-state index in [0.717, 1.165) is 6.42 Å². The molecule has 0 heterocycles. The predicted octanol–water partition coefficient (Wildman–Crippen LogP) is 5.26.